The fourth-order valence-corrected chi connectivity index (χ4v) is 4.58. The summed E-state index contributed by atoms with van der Waals surface area (Å²) in [4.78, 5) is 16.3. The van der Waals surface area contributed by atoms with Gasteiger partial charge in [-0.15, -0.1) is 0 Å². The minimum Gasteiger partial charge on any atom is -0.366 e. The topological polar surface area (TPSA) is 69.7 Å². The summed E-state index contributed by atoms with van der Waals surface area (Å²) in [6, 6.07) is 11.8. The molecule has 0 unspecified atom stereocenters. The number of hydrogen-bond acceptors (Lipinski definition) is 4. The van der Waals surface area contributed by atoms with Crippen molar-refractivity contribution in [2.75, 3.05) is 31.1 Å². The first kappa shape index (κ1) is 20.8. The van der Waals surface area contributed by atoms with Gasteiger partial charge in [-0.25, -0.2) is 12.8 Å². The van der Waals surface area contributed by atoms with Crippen LogP contribution in [0.4, 0.5) is 10.1 Å². The number of carbonyl (C=O) groups is 1. The molecule has 1 atom stereocenters. The molecule has 2 aromatic carbocycles. The van der Waals surface area contributed by atoms with E-state index in [-0.39, 0.29) is 16.6 Å². The van der Waals surface area contributed by atoms with Crippen LogP contribution in [0.15, 0.2) is 57.9 Å². The van der Waals surface area contributed by atoms with Crippen LogP contribution in [-0.2, 0) is 14.8 Å². The van der Waals surface area contributed by atoms with Crippen LogP contribution >= 0.6 is 15.9 Å². The zero-order valence-corrected chi connectivity index (χ0v) is 17.7. The molecule has 0 saturated carbocycles. The monoisotopic (exact) mass is 469 g/mol. The summed E-state index contributed by atoms with van der Waals surface area (Å²) in [6.45, 7) is 3.30. The van der Waals surface area contributed by atoms with Crippen molar-refractivity contribution >= 4 is 37.5 Å². The lowest BCUT2D eigenvalue weighted by Gasteiger charge is -2.37. The Morgan fingerprint density at radius 2 is 1.68 bits per heavy atom. The molecule has 0 bridgehead atoms. The van der Waals surface area contributed by atoms with E-state index in [1.165, 1.54) is 25.1 Å². The van der Waals surface area contributed by atoms with E-state index in [2.05, 4.69) is 20.7 Å². The van der Waals surface area contributed by atoms with Gasteiger partial charge in [0.15, 0.2) is 0 Å². The molecule has 0 aromatic heterocycles. The predicted octanol–water partition coefficient (Wildman–Crippen LogP) is 2.60. The molecule has 6 nitrogen and oxygen atoms in total. The molecule has 2 aromatic rings. The molecule has 0 radical (unpaired) electrons. The molecule has 9 heteroatoms. The van der Waals surface area contributed by atoms with E-state index >= 15 is 0 Å². The van der Waals surface area contributed by atoms with Crippen LogP contribution < -0.4 is 9.62 Å². The van der Waals surface area contributed by atoms with Crippen molar-refractivity contribution in [3.05, 3.63) is 58.8 Å². The molecular formula is C19H21BrFN3O3S. The maximum Gasteiger partial charge on any atom is 0.241 e. The second kappa shape index (κ2) is 8.59. The molecule has 1 fully saturated rings. The molecule has 3 rings (SSSR count). The molecule has 0 aliphatic carbocycles. The smallest absolute Gasteiger partial charge is 0.241 e. The summed E-state index contributed by atoms with van der Waals surface area (Å²) in [7, 11) is -3.80. The van der Waals surface area contributed by atoms with Crippen molar-refractivity contribution in [3.63, 3.8) is 0 Å². The molecule has 1 amide bonds. The van der Waals surface area contributed by atoms with Crippen molar-refractivity contribution in [1.29, 1.82) is 0 Å². The fourth-order valence-electron chi connectivity index (χ4n) is 3.11. The van der Waals surface area contributed by atoms with Crippen LogP contribution in [0.2, 0.25) is 0 Å². The highest BCUT2D eigenvalue weighted by Gasteiger charge is 2.28. The van der Waals surface area contributed by atoms with Crippen LogP contribution in [0, 0.1) is 5.82 Å². The number of amides is 1. The summed E-state index contributed by atoms with van der Waals surface area (Å²) in [5, 5.41) is 0. The van der Waals surface area contributed by atoms with Crippen molar-refractivity contribution in [3.8, 4) is 0 Å². The van der Waals surface area contributed by atoms with Gasteiger partial charge in [0.1, 0.15) is 5.82 Å². The van der Waals surface area contributed by atoms with E-state index in [1.807, 2.05) is 4.90 Å². The highest BCUT2D eigenvalue weighted by atomic mass is 79.9. The van der Waals surface area contributed by atoms with Gasteiger partial charge in [0.05, 0.1) is 16.6 Å². The van der Waals surface area contributed by atoms with E-state index in [9.17, 15) is 17.6 Å². The number of anilines is 1. The molecular weight excluding hydrogens is 449 g/mol. The maximum atomic E-state index is 13.9. The first-order chi connectivity index (χ1) is 13.3. The molecule has 28 heavy (non-hydrogen) atoms. The minimum atomic E-state index is -3.80. The summed E-state index contributed by atoms with van der Waals surface area (Å²) in [6.07, 6.45) is 0. The first-order valence-corrected chi connectivity index (χ1v) is 11.1. The number of piperazine rings is 1. The van der Waals surface area contributed by atoms with Crippen LogP contribution in [0.5, 0.6) is 0 Å². The lowest BCUT2D eigenvalue weighted by atomic mass is 10.2. The zero-order chi connectivity index (χ0) is 20.3. The van der Waals surface area contributed by atoms with Crippen LogP contribution in [-0.4, -0.2) is 51.4 Å². The highest BCUT2D eigenvalue weighted by Crippen LogP contribution is 2.20. The van der Waals surface area contributed by atoms with Gasteiger partial charge < -0.3 is 9.80 Å². The van der Waals surface area contributed by atoms with E-state index in [0.29, 0.717) is 31.9 Å². The fraction of sp³-hybridized carbons (Fsp3) is 0.316. The van der Waals surface area contributed by atoms with E-state index in [1.54, 1.807) is 35.2 Å². The second-order valence-corrected chi connectivity index (χ2v) is 9.19. The molecule has 0 spiro atoms. The number of halogens is 2. The van der Waals surface area contributed by atoms with Gasteiger partial charge in [0.25, 0.3) is 0 Å². The minimum absolute atomic E-state index is 0.0970. The number of para-hydroxylation sites is 1. The lowest BCUT2D eigenvalue weighted by Crippen LogP contribution is -2.54. The molecule has 1 aliphatic rings. The Bertz CT molecular complexity index is 945. The largest absolute Gasteiger partial charge is 0.366 e. The Morgan fingerprint density at radius 3 is 2.29 bits per heavy atom. The SMILES string of the molecule is C[C@H](NS(=O)(=O)c1ccc(Br)cc1)C(=O)N1CCN(c2ccccc2F)CC1. The summed E-state index contributed by atoms with van der Waals surface area (Å²) >= 11 is 3.26. The van der Waals surface area contributed by atoms with Crippen molar-refractivity contribution in [2.45, 2.75) is 17.9 Å². The van der Waals surface area contributed by atoms with Gasteiger partial charge >= 0.3 is 0 Å². The maximum absolute atomic E-state index is 13.9. The van der Waals surface area contributed by atoms with E-state index in [4.69, 9.17) is 0 Å². The molecule has 150 valence electrons. The number of rotatable bonds is 5. The van der Waals surface area contributed by atoms with Crippen molar-refractivity contribution < 1.29 is 17.6 Å². The number of benzene rings is 2. The third-order valence-electron chi connectivity index (χ3n) is 4.61. The van der Waals surface area contributed by atoms with Crippen molar-refractivity contribution in [2.24, 2.45) is 0 Å². The number of nitrogens with one attached hydrogen (secondary N) is 1. The Hall–Kier alpha value is -1.97. The Labute approximate surface area is 172 Å². The molecule has 1 N–H and O–H groups in total. The standard InChI is InChI=1S/C19H21BrFN3O3S/c1-14(22-28(26,27)16-8-6-15(20)7-9-16)19(25)24-12-10-23(11-13-24)18-5-3-2-4-17(18)21/h2-9,14,22H,10-13H2,1H3/t14-/m0/s1. The van der Waals surface area contributed by atoms with Gasteiger partial charge in [-0.1, -0.05) is 28.1 Å². The summed E-state index contributed by atoms with van der Waals surface area (Å²) < 4.78 is 42.1. The first-order valence-electron chi connectivity index (χ1n) is 8.84. The molecule has 1 heterocycles. The van der Waals surface area contributed by atoms with Gasteiger partial charge in [-0.05, 0) is 43.3 Å². The van der Waals surface area contributed by atoms with E-state index in [0.717, 1.165) is 4.47 Å². The number of sulfonamides is 1. The quantitative estimate of drug-likeness (QED) is 0.730. The van der Waals surface area contributed by atoms with Crippen molar-refractivity contribution in [1.82, 2.24) is 9.62 Å². The number of nitrogens with zero attached hydrogens (tertiary/aromatic N) is 2. The molecule has 1 saturated heterocycles. The third kappa shape index (κ3) is 4.71. The zero-order valence-electron chi connectivity index (χ0n) is 15.3. The number of hydrogen-bond donors (Lipinski definition) is 1. The number of carbonyl (C=O) groups excluding carboxylic acids is 1. The van der Waals surface area contributed by atoms with Gasteiger partial charge in [-0.2, -0.15) is 4.72 Å². The average Bonchev–Trinajstić information content (AvgIpc) is 2.68. The lowest BCUT2D eigenvalue weighted by molar-refractivity contribution is -0.132. The van der Waals surface area contributed by atoms with Crippen LogP contribution in [0.1, 0.15) is 6.92 Å². The Balaban J connectivity index is 1.60. The van der Waals surface area contributed by atoms with Crippen LogP contribution in [0.25, 0.3) is 0 Å². The summed E-state index contributed by atoms with van der Waals surface area (Å²) in [5.41, 5.74) is 0.513. The normalized spacial score (nSPS) is 16.1. The Morgan fingerprint density at radius 1 is 1.07 bits per heavy atom. The van der Waals surface area contributed by atoms with Crippen LogP contribution in [0.3, 0.4) is 0 Å². The predicted molar refractivity (Wildman–Crippen MR) is 109 cm³/mol. The van der Waals surface area contributed by atoms with Gasteiger partial charge in [-0.3, -0.25) is 4.79 Å². The third-order valence-corrected chi connectivity index (χ3v) is 6.70. The second-order valence-electron chi connectivity index (χ2n) is 6.56. The van der Waals surface area contributed by atoms with Gasteiger partial charge in [0.2, 0.25) is 15.9 Å². The average molecular weight is 470 g/mol. The molecule has 1 aliphatic heterocycles. The Kier molecular flexibility index (Phi) is 6.36. The van der Waals surface area contributed by atoms with E-state index < -0.39 is 16.1 Å². The van der Waals surface area contributed by atoms with Gasteiger partial charge in [0, 0.05) is 30.7 Å². The highest BCUT2D eigenvalue weighted by molar-refractivity contribution is 9.10. The summed E-state index contributed by atoms with van der Waals surface area (Å²) in [5.74, 6) is -0.591.